The highest BCUT2D eigenvalue weighted by molar-refractivity contribution is 7.91. The molecule has 3 aromatic rings. The lowest BCUT2D eigenvalue weighted by molar-refractivity contribution is -0.274. The fraction of sp³-hybridized carbons (Fsp3) is 0.333. The summed E-state index contributed by atoms with van der Waals surface area (Å²) in [5.41, 5.74) is 0.882. The Labute approximate surface area is 192 Å². The topological polar surface area (TPSA) is 79.8 Å². The quantitative estimate of drug-likeness (QED) is 0.529. The number of rotatable bonds is 5. The summed E-state index contributed by atoms with van der Waals surface area (Å²) in [5.74, 6) is -0.594. The Morgan fingerprint density at radius 1 is 1.12 bits per heavy atom. The maximum absolute atomic E-state index is 12.9. The van der Waals surface area contributed by atoms with E-state index in [1.807, 2.05) is 4.90 Å². The lowest BCUT2D eigenvalue weighted by atomic mass is 10.2. The number of nitrogens with zero attached hydrogens (tertiary/aromatic N) is 3. The van der Waals surface area contributed by atoms with E-state index in [2.05, 4.69) is 9.72 Å². The van der Waals surface area contributed by atoms with Crippen LogP contribution < -0.4 is 9.64 Å². The molecule has 4 rings (SSSR count). The lowest BCUT2D eigenvalue weighted by Gasteiger charge is -2.34. The largest absolute Gasteiger partial charge is 0.573 e. The molecule has 2 heterocycles. The molecule has 1 saturated heterocycles. The predicted octanol–water partition coefficient (Wildman–Crippen LogP) is 3.95. The van der Waals surface area contributed by atoms with E-state index in [4.69, 9.17) is 0 Å². The number of carbonyl (C=O) groups is 1. The Morgan fingerprint density at radius 2 is 1.85 bits per heavy atom. The number of carbonyl (C=O) groups excluding carboxylic acids is 1. The molecule has 0 N–H and O–H groups in total. The molecular weight excluding hydrogens is 479 g/mol. The van der Waals surface area contributed by atoms with Crippen LogP contribution in [-0.4, -0.2) is 62.5 Å². The van der Waals surface area contributed by atoms with Crippen molar-refractivity contribution in [1.29, 1.82) is 0 Å². The van der Waals surface area contributed by atoms with Crippen molar-refractivity contribution >= 4 is 42.4 Å². The third-order valence-electron chi connectivity index (χ3n) is 5.24. The highest BCUT2D eigenvalue weighted by Crippen LogP contribution is 2.33. The van der Waals surface area contributed by atoms with Crippen molar-refractivity contribution in [3.8, 4) is 5.75 Å². The van der Waals surface area contributed by atoms with Gasteiger partial charge in [-0.3, -0.25) is 4.79 Å². The normalized spacial score (nSPS) is 15.2. The van der Waals surface area contributed by atoms with Crippen LogP contribution in [0.2, 0.25) is 0 Å². The van der Waals surface area contributed by atoms with Crippen LogP contribution in [0.15, 0.2) is 47.4 Å². The van der Waals surface area contributed by atoms with Crippen LogP contribution in [-0.2, 0) is 9.84 Å². The van der Waals surface area contributed by atoms with Crippen molar-refractivity contribution in [3.05, 3.63) is 48.0 Å². The summed E-state index contributed by atoms with van der Waals surface area (Å²) in [6.45, 7) is 3.34. The smallest absolute Gasteiger partial charge is 0.406 e. The number of amides is 1. The van der Waals surface area contributed by atoms with Gasteiger partial charge in [-0.15, -0.1) is 13.2 Å². The van der Waals surface area contributed by atoms with Crippen LogP contribution in [0.1, 0.15) is 17.3 Å². The van der Waals surface area contributed by atoms with Crippen molar-refractivity contribution in [1.82, 2.24) is 9.88 Å². The van der Waals surface area contributed by atoms with E-state index >= 15 is 0 Å². The number of thiazole rings is 1. The summed E-state index contributed by atoms with van der Waals surface area (Å²) in [6, 6.07) is 10.0. The number of sulfone groups is 1. The predicted molar refractivity (Wildman–Crippen MR) is 119 cm³/mol. The average molecular weight is 500 g/mol. The highest BCUT2D eigenvalue weighted by atomic mass is 32.2. The molecule has 0 bridgehead atoms. The number of fused-ring (bicyclic) bond motifs is 1. The minimum atomic E-state index is -4.76. The number of hydrogen-bond acceptors (Lipinski definition) is 7. The molecule has 33 heavy (non-hydrogen) atoms. The van der Waals surface area contributed by atoms with Gasteiger partial charge in [0, 0.05) is 37.8 Å². The summed E-state index contributed by atoms with van der Waals surface area (Å²) in [7, 11) is -3.41. The van der Waals surface area contributed by atoms with Gasteiger partial charge in [0.2, 0.25) is 0 Å². The minimum Gasteiger partial charge on any atom is -0.406 e. The zero-order chi connectivity index (χ0) is 23.8. The second-order valence-electron chi connectivity index (χ2n) is 7.38. The van der Waals surface area contributed by atoms with Crippen molar-refractivity contribution in [3.63, 3.8) is 0 Å². The molecule has 1 aliphatic heterocycles. The molecule has 1 amide bonds. The van der Waals surface area contributed by atoms with Crippen molar-refractivity contribution < 1.29 is 31.1 Å². The number of alkyl halides is 3. The van der Waals surface area contributed by atoms with Gasteiger partial charge >= 0.3 is 6.36 Å². The molecule has 7 nitrogen and oxygen atoms in total. The van der Waals surface area contributed by atoms with Crippen LogP contribution in [0.25, 0.3) is 10.2 Å². The van der Waals surface area contributed by atoms with E-state index in [1.165, 1.54) is 41.7 Å². The second-order valence-corrected chi connectivity index (χ2v) is 10.7. The van der Waals surface area contributed by atoms with Gasteiger partial charge in [-0.05, 0) is 30.3 Å². The zero-order valence-corrected chi connectivity index (χ0v) is 19.1. The summed E-state index contributed by atoms with van der Waals surface area (Å²) in [6.07, 6.45) is -4.76. The molecule has 1 aliphatic rings. The standard InChI is InChI=1S/C21H20F3N3O4S2/c1-2-33(29,30)16-5-3-4-14(12-16)19(28)26-8-10-27(11-9-26)20-25-17-7-6-15(13-18(17)32-20)31-21(22,23)24/h3-7,12-13H,2,8-11H2,1H3. The minimum absolute atomic E-state index is 0.0463. The number of anilines is 1. The number of halogens is 3. The molecule has 2 aromatic carbocycles. The second kappa shape index (κ2) is 8.82. The van der Waals surface area contributed by atoms with Crippen LogP contribution in [0.4, 0.5) is 18.3 Å². The first kappa shape index (κ1) is 23.3. The van der Waals surface area contributed by atoms with Gasteiger partial charge in [-0.2, -0.15) is 0 Å². The summed E-state index contributed by atoms with van der Waals surface area (Å²) >= 11 is 1.25. The Morgan fingerprint density at radius 3 is 2.52 bits per heavy atom. The Balaban J connectivity index is 1.44. The Bertz CT molecular complexity index is 1280. The molecule has 0 saturated carbocycles. The summed E-state index contributed by atoms with van der Waals surface area (Å²) in [5, 5.41) is 0.650. The van der Waals surface area contributed by atoms with Gasteiger partial charge in [-0.1, -0.05) is 24.3 Å². The lowest BCUT2D eigenvalue weighted by Crippen LogP contribution is -2.48. The van der Waals surface area contributed by atoms with E-state index in [9.17, 15) is 26.4 Å². The van der Waals surface area contributed by atoms with Gasteiger partial charge < -0.3 is 14.5 Å². The van der Waals surface area contributed by atoms with Gasteiger partial charge in [0.1, 0.15) is 5.75 Å². The van der Waals surface area contributed by atoms with E-state index in [0.29, 0.717) is 47.1 Å². The molecule has 176 valence electrons. The molecule has 1 fully saturated rings. The number of hydrogen-bond donors (Lipinski definition) is 0. The van der Waals surface area contributed by atoms with Crippen LogP contribution in [0.5, 0.6) is 5.75 Å². The fourth-order valence-electron chi connectivity index (χ4n) is 3.50. The zero-order valence-electron chi connectivity index (χ0n) is 17.5. The van der Waals surface area contributed by atoms with Crippen LogP contribution in [0.3, 0.4) is 0 Å². The molecule has 0 atom stereocenters. The van der Waals surface area contributed by atoms with E-state index in [-0.39, 0.29) is 22.3 Å². The fourth-order valence-corrected chi connectivity index (χ4v) is 5.47. The molecule has 0 aliphatic carbocycles. The van der Waals surface area contributed by atoms with Crippen molar-refractivity contribution in [2.24, 2.45) is 0 Å². The Kier molecular flexibility index (Phi) is 6.23. The van der Waals surface area contributed by atoms with Crippen molar-refractivity contribution in [2.45, 2.75) is 18.2 Å². The first-order valence-electron chi connectivity index (χ1n) is 10.1. The monoisotopic (exact) mass is 499 g/mol. The number of benzene rings is 2. The third-order valence-corrected chi connectivity index (χ3v) is 8.05. The molecule has 0 unspecified atom stereocenters. The Hall–Kier alpha value is -2.86. The molecule has 12 heteroatoms. The van der Waals surface area contributed by atoms with Crippen LogP contribution >= 0.6 is 11.3 Å². The van der Waals surface area contributed by atoms with Crippen LogP contribution in [0, 0.1) is 0 Å². The molecule has 0 radical (unpaired) electrons. The first-order valence-corrected chi connectivity index (χ1v) is 12.6. The average Bonchev–Trinajstić information content (AvgIpc) is 3.21. The SMILES string of the molecule is CCS(=O)(=O)c1cccc(C(=O)N2CCN(c3nc4ccc(OC(F)(F)F)cc4s3)CC2)c1. The maximum atomic E-state index is 12.9. The van der Waals surface area contributed by atoms with E-state index < -0.39 is 16.2 Å². The molecule has 1 aromatic heterocycles. The first-order chi connectivity index (χ1) is 15.6. The van der Waals surface area contributed by atoms with Gasteiger partial charge in [0.15, 0.2) is 15.0 Å². The number of aromatic nitrogens is 1. The molecular formula is C21H20F3N3O4S2. The number of ether oxygens (including phenoxy) is 1. The molecule has 0 spiro atoms. The maximum Gasteiger partial charge on any atom is 0.573 e. The number of piperazine rings is 1. The van der Waals surface area contributed by atoms with Gasteiger partial charge in [-0.25, -0.2) is 13.4 Å². The third kappa shape index (κ3) is 5.22. The van der Waals surface area contributed by atoms with E-state index in [1.54, 1.807) is 24.0 Å². The van der Waals surface area contributed by atoms with Gasteiger partial charge in [0.25, 0.3) is 5.91 Å². The summed E-state index contributed by atoms with van der Waals surface area (Å²) in [4.78, 5) is 21.1. The van der Waals surface area contributed by atoms with Gasteiger partial charge in [0.05, 0.1) is 20.9 Å². The van der Waals surface area contributed by atoms with E-state index in [0.717, 1.165) is 0 Å². The van der Waals surface area contributed by atoms with Crippen molar-refractivity contribution in [2.75, 3.05) is 36.8 Å². The highest BCUT2D eigenvalue weighted by Gasteiger charge is 2.31. The summed E-state index contributed by atoms with van der Waals surface area (Å²) < 4.78 is 66.1.